The van der Waals surface area contributed by atoms with E-state index in [1.807, 2.05) is 0 Å². The topological polar surface area (TPSA) is 29.3 Å². The zero-order valence-electron chi connectivity index (χ0n) is 12.6. The summed E-state index contributed by atoms with van der Waals surface area (Å²) in [6.07, 6.45) is 3.17. The van der Waals surface area contributed by atoms with Gasteiger partial charge in [-0.25, -0.2) is 13.2 Å². The normalized spacial score (nSPS) is 16.8. The highest BCUT2D eigenvalue weighted by molar-refractivity contribution is 5.23. The van der Waals surface area contributed by atoms with E-state index >= 15 is 0 Å². The molecule has 0 saturated heterocycles. The zero-order valence-corrected chi connectivity index (χ0v) is 12.6. The van der Waals surface area contributed by atoms with Crippen molar-refractivity contribution in [3.63, 3.8) is 0 Å². The maximum atomic E-state index is 13.5. The van der Waals surface area contributed by atoms with E-state index < -0.39 is 17.5 Å². The van der Waals surface area contributed by atoms with Crippen molar-refractivity contribution in [2.24, 2.45) is 11.7 Å². The Balaban J connectivity index is 2.23. The minimum absolute atomic E-state index is 0.263. The van der Waals surface area contributed by atoms with Crippen LogP contribution in [0.25, 0.3) is 0 Å². The highest BCUT2D eigenvalue weighted by atomic mass is 19.2. The molecule has 21 heavy (non-hydrogen) atoms. The zero-order chi connectivity index (χ0) is 15.6. The molecule has 1 aromatic rings. The molecule has 1 aliphatic rings. The van der Waals surface area contributed by atoms with Crippen molar-refractivity contribution in [1.82, 2.24) is 4.90 Å². The molecule has 2 nitrogen and oxygen atoms in total. The molecular formula is C16H23F3N2. The third kappa shape index (κ3) is 3.98. The molecule has 1 unspecified atom stereocenters. The Labute approximate surface area is 124 Å². The van der Waals surface area contributed by atoms with Gasteiger partial charge in [0.15, 0.2) is 17.5 Å². The molecule has 2 rings (SSSR count). The molecule has 1 aliphatic carbocycles. The summed E-state index contributed by atoms with van der Waals surface area (Å²) in [4.78, 5) is 2.21. The lowest BCUT2D eigenvalue weighted by Crippen LogP contribution is -2.37. The molecule has 0 heterocycles. The summed E-state index contributed by atoms with van der Waals surface area (Å²) in [5.41, 5.74) is 6.26. The highest BCUT2D eigenvalue weighted by Crippen LogP contribution is 2.35. The van der Waals surface area contributed by atoms with Crippen molar-refractivity contribution in [1.29, 1.82) is 0 Å². The summed E-state index contributed by atoms with van der Waals surface area (Å²) in [5.74, 6) is -3.17. The van der Waals surface area contributed by atoms with Crippen LogP contribution in [0.15, 0.2) is 12.1 Å². The molecule has 1 atom stereocenters. The van der Waals surface area contributed by atoms with Crippen molar-refractivity contribution >= 4 is 0 Å². The van der Waals surface area contributed by atoms with E-state index in [9.17, 15) is 13.2 Å². The predicted molar refractivity (Wildman–Crippen MR) is 77.3 cm³/mol. The van der Waals surface area contributed by atoms with Gasteiger partial charge >= 0.3 is 0 Å². The van der Waals surface area contributed by atoms with Crippen LogP contribution in [0.4, 0.5) is 13.2 Å². The molecule has 5 heteroatoms. The second kappa shape index (κ2) is 6.79. The molecule has 1 aromatic carbocycles. The lowest BCUT2D eigenvalue weighted by Gasteiger charge is -2.32. The molecule has 2 N–H and O–H groups in total. The van der Waals surface area contributed by atoms with Gasteiger partial charge in [0.25, 0.3) is 0 Å². The van der Waals surface area contributed by atoms with Crippen molar-refractivity contribution < 1.29 is 13.2 Å². The molecule has 1 fully saturated rings. The van der Waals surface area contributed by atoms with Gasteiger partial charge in [0.2, 0.25) is 0 Å². The summed E-state index contributed by atoms with van der Waals surface area (Å²) >= 11 is 0. The average molecular weight is 300 g/mol. The maximum Gasteiger partial charge on any atom is 0.194 e. The number of hydrogen-bond acceptors (Lipinski definition) is 2. The fourth-order valence-corrected chi connectivity index (χ4v) is 2.64. The van der Waals surface area contributed by atoms with Gasteiger partial charge in [-0.2, -0.15) is 0 Å². The lowest BCUT2D eigenvalue weighted by molar-refractivity contribution is 0.180. The van der Waals surface area contributed by atoms with Crippen LogP contribution in [-0.4, -0.2) is 24.0 Å². The number of nitrogens with zero attached hydrogens (tertiary/aromatic N) is 1. The third-order valence-corrected chi connectivity index (χ3v) is 4.00. The Hall–Kier alpha value is -1.07. The number of nitrogens with two attached hydrogens (primary N) is 1. The van der Waals surface area contributed by atoms with Gasteiger partial charge < -0.3 is 5.73 Å². The van der Waals surface area contributed by atoms with Gasteiger partial charge in [0.05, 0.1) is 0 Å². The molecule has 118 valence electrons. The van der Waals surface area contributed by atoms with Gasteiger partial charge in [0, 0.05) is 18.6 Å². The van der Waals surface area contributed by atoms with Crippen molar-refractivity contribution in [2.75, 3.05) is 13.1 Å². The van der Waals surface area contributed by atoms with Gasteiger partial charge in [-0.05, 0) is 49.4 Å². The van der Waals surface area contributed by atoms with Crippen molar-refractivity contribution in [3.8, 4) is 0 Å². The summed E-state index contributed by atoms with van der Waals surface area (Å²) in [7, 11) is 0. The Bertz CT molecular complexity index is 463. The third-order valence-electron chi connectivity index (χ3n) is 4.00. The first kappa shape index (κ1) is 16.3. The molecule has 0 aromatic heterocycles. The summed E-state index contributed by atoms with van der Waals surface area (Å²) in [6, 6.07) is 2.30. The largest absolute Gasteiger partial charge is 0.329 e. The van der Waals surface area contributed by atoms with Crippen molar-refractivity contribution in [2.45, 2.75) is 45.2 Å². The molecular weight excluding hydrogens is 277 g/mol. The highest BCUT2D eigenvalue weighted by Gasteiger charge is 2.34. The molecule has 1 saturated carbocycles. The number of benzene rings is 1. The maximum absolute atomic E-state index is 13.5. The van der Waals surface area contributed by atoms with Gasteiger partial charge in [-0.3, -0.25) is 4.90 Å². The van der Waals surface area contributed by atoms with Crippen LogP contribution >= 0.6 is 0 Å². The van der Waals surface area contributed by atoms with E-state index in [-0.39, 0.29) is 12.6 Å². The molecule has 0 radical (unpaired) electrons. The number of hydrogen-bond donors (Lipinski definition) is 1. The van der Waals surface area contributed by atoms with Crippen LogP contribution < -0.4 is 5.73 Å². The SMILES string of the molecule is CC(C)CCN(C1CC1)C(CN)c1cc(F)c(F)c(F)c1. The minimum Gasteiger partial charge on any atom is -0.329 e. The Morgan fingerprint density at radius 3 is 2.19 bits per heavy atom. The monoisotopic (exact) mass is 300 g/mol. The van der Waals surface area contributed by atoms with E-state index in [1.165, 1.54) is 0 Å². The Morgan fingerprint density at radius 2 is 1.76 bits per heavy atom. The number of rotatable bonds is 7. The number of halogens is 3. The Morgan fingerprint density at radius 1 is 1.19 bits per heavy atom. The van der Waals surface area contributed by atoms with E-state index in [1.54, 1.807) is 0 Å². The summed E-state index contributed by atoms with van der Waals surface area (Å²) < 4.78 is 40.0. The van der Waals surface area contributed by atoms with E-state index in [4.69, 9.17) is 5.73 Å². The first-order chi connectivity index (χ1) is 9.93. The van der Waals surface area contributed by atoms with Gasteiger partial charge in [-0.1, -0.05) is 13.8 Å². The summed E-state index contributed by atoms with van der Waals surface area (Å²) in [6.45, 7) is 5.38. The fourth-order valence-electron chi connectivity index (χ4n) is 2.64. The van der Waals surface area contributed by atoms with E-state index in [2.05, 4.69) is 18.7 Å². The molecule has 0 spiro atoms. The van der Waals surface area contributed by atoms with Crippen LogP contribution in [0.2, 0.25) is 0 Å². The van der Waals surface area contributed by atoms with Crippen LogP contribution in [0.5, 0.6) is 0 Å². The molecule has 0 bridgehead atoms. The predicted octanol–water partition coefficient (Wildman–Crippen LogP) is 3.61. The molecule has 0 amide bonds. The second-order valence-electron chi connectivity index (χ2n) is 6.20. The van der Waals surface area contributed by atoms with Gasteiger partial charge in [0.1, 0.15) is 0 Å². The Kier molecular flexibility index (Phi) is 5.27. The van der Waals surface area contributed by atoms with Crippen LogP contribution in [0.1, 0.15) is 44.7 Å². The first-order valence-electron chi connectivity index (χ1n) is 7.54. The fraction of sp³-hybridized carbons (Fsp3) is 0.625. The van der Waals surface area contributed by atoms with E-state index in [0.29, 0.717) is 17.5 Å². The lowest BCUT2D eigenvalue weighted by atomic mass is 10.0. The van der Waals surface area contributed by atoms with Crippen LogP contribution in [-0.2, 0) is 0 Å². The second-order valence-corrected chi connectivity index (χ2v) is 6.20. The minimum atomic E-state index is -1.42. The smallest absolute Gasteiger partial charge is 0.194 e. The standard InChI is InChI=1S/C16H23F3N2/c1-10(2)5-6-21(12-3-4-12)15(9-20)11-7-13(17)16(19)14(18)8-11/h7-8,10,12,15H,3-6,9,20H2,1-2H3. The van der Waals surface area contributed by atoms with Gasteiger partial charge in [-0.15, -0.1) is 0 Å². The van der Waals surface area contributed by atoms with Crippen molar-refractivity contribution in [3.05, 3.63) is 35.1 Å². The quantitative estimate of drug-likeness (QED) is 0.779. The van der Waals surface area contributed by atoms with Crippen LogP contribution in [0.3, 0.4) is 0 Å². The first-order valence-corrected chi connectivity index (χ1v) is 7.54. The van der Waals surface area contributed by atoms with E-state index in [0.717, 1.165) is 37.9 Å². The average Bonchev–Trinajstić information content (AvgIpc) is 3.24. The summed E-state index contributed by atoms with van der Waals surface area (Å²) in [5, 5.41) is 0. The van der Waals surface area contributed by atoms with Crippen LogP contribution in [0, 0.1) is 23.4 Å². The molecule has 0 aliphatic heterocycles.